The molecule has 106 valence electrons. The number of thioether (sulfide) groups is 1. The summed E-state index contributed by atoms with van der Waals surface area (Å²) in [7, 11) is 0. The lowest BCUT2D eigenvalue weighted by atomic mass is 10.1. The van der Waals surface area contributed by atoms with Gasteiger partial charge in [0.1, 0.15) is 0 Å². The Hall–Kier alpha value is -1.46. The molecule has 3 nitrogen and oxygen atoms in total. The molecule has 1 aromatic carbocycles. The summed E-state index contributed by atoms with van der Waals surface area (Å²) in [6, 6.07) is 7.71. The molecule has 0 amide bonds. The highest BCUT2D eigenvalue weighted by molar-refractivity contribution is 7.99. The zero-order valence-corrected chi connectivity index (χ0v) is 13.1. The van der Waals surface area contributed by atoms with E-state index in [4.69, 9.17) is 0 Å². The molecule has 0 saturated heterocycles. The highest BCUT2D eigenvalue weighted by atomic mass is 32.2. The van der Waals surface area contributed by atoms with Crippen LogP contribution >= 0.6 is 23.1 Å². The van der Waals surface area contributed by atoms with Crippen molar-refractivity contribution in [3.05, 3.63) is 46.2 Å². The second kappa shape index (κ2) is 6.81. The van der Waals surface area contributed by atoms with E-state index < -0.39 is 5.97 Å². The summed E-state index contributed by atoms with van der Waals surface area (Å²) in [4.78, 5) is 12.3. The fourth-order valence-electron chi connectivity index (χ4n) is 1.99. The summed E-state index contributed by atoms with van der Waals surface area (Å²) in [5.41, 5.74) is 2.20. The highest BCUT2D eigenvalue weighted by Gasteiger charge is 2.17. The molecule has 2 aromatic rings. The lowest BCUT2D eigenvalue weighted by molar-refractivity contribution is 0.0694. The first-order chi connectivity index (χ1) is 9.63. The number of carbonyl (C=O) groups is 1. The third-order valence-corrected chi connectivity index (χ3v) is 4.60. The Morgan fingerprint density at radius 2 is 2.25 bits per heavy atom. The second-order valence-corrected chi connectivity index (χ2v) is 6.43. The minimum Gasteiger partial charge on any atom is -0.478 e. The SMILES string of the molecule is CCSc1cccc(NC(C)c2ccsc2)c1C(=O)O. The third-order valence-electron chi connectivity index (χ3n) is 2.96. The topological polar surface area (TPSA) is 49.3 Å². The molecular weight excluding hydrogens is 290 g/mol. The Kier molecular flexibility index (Phi) is 5.09. The monoisotopic (exact) mass is 307 g/mol. The summed E-state index contributed by atoms with van der Waals surface area (Å²) in [5.74, 6) is -0.0364. The van der Waals surface area contributed by atoms with Gasteiger partial charge < -0.3 is 10.4 Å². The number of anilines is 1. The molecule has 1 unspecified atom stereocenters. The Labute approximate surface area is 127 Å². The van der Waals surface area contributed by atoms with Gasteiger partial charge in [0, 0.05) is 10.9 Å². The minimum absolute atomic E-state index is 0.0845. The van der Waals surface area contributed by atoms with Crippen molar-refractivity contribution in [2.75, 3.05) is 11.1 Å². The number of carboxylic acids is 1. The van der Waals surface area contributed by atoms with Gasteiger partial charge in [0.05, 0.1) is 11.3 Å². The second-order valence-electron chi connectivity index (χ2n) is 4.34. The molecule has 0 aliphatic rings. The van der Waals surface area contributed by atoms with Crippen LogP contribution in [0.15, 0.2) is 39.9 Å². The quantitative estimate of drug-likeness (QED) is 0.757. The highest BCUT2D eigenvalue weighted by Crippen LogP contribution is 2.31. The van der Waals surface area contributed by atoms with Gasteiger partial charge in [-0.25, -0.2) is 4.79 Å². The molecule has 1 heterocycles. The third kappa shape index (κ3) is 3.35. The Morgan fingerprint density at radius 3 is 2.85 bits per heavy atom. The van der Waals surface area contributed by atoms with Crippen molar-refractivity contribution in [2.24, 2.45) is 0 Å². The predicted molar refractivity (Wildman–Crippen MR) is 86.2 cm³/mol. The van der Waals surface area contributed by atoms with Gasteiger partial charge in [-0.1, -0.05) is 13.0 Å². The number of hydrogen-bond acceptors (Lipinski definition) is 4. The molecule has 1 atom stereocenters. The molecule has 0 radical (unpaired) electrons. The molecule has 0 bridgehead atoms. The number of carboxylic acid groups (broad SMARTS) is 1. The maximum absolute atomic E-state index is 11.5. The van der Waals surface area contributed by atoms with Crippen LogP contribution < -0.4 is 5.32 Å². The number of hydrogen-bond donors (Lipinski definition) is 2. The number of nitrogens with one attached hydrogen (secondary N) is 1. The van der Waals surface area contributed by atoms with E-state index in [1.54, 1.807) is 23.1 Å². The first-order valence-electron chi connectivity index (χ1n) is 6.41. The van der Waals surface area contributed by atoms with Crippen LogP contribution in [0.5, 0.6) is 0 Å². The van der Waals surface area contributed by atoms with Crippen LogP contribution in [0.25, 0.3) is 0 Å². The van der Waals surface area contributed by atoms with Crippen molar-refractivity contribution in [2.45, 2.75) is 24.8 Å². The van der Waals surface area contributed by atoms with Gasteiger partial charge >= 0.3 is 5.97 Å². The van der Waals surface area contributed by atoms with E-state index in [0.29, 0.717) is 11.3 Å². The van der Waals surface area contributed by atoms with E-state index in [2.05, 4.69) is 10.7 Å². The van der Waals surface area contributed by atoms with Gasteiger partial charge in [-0.3, -0.25) is 0 Å². The standard InChI is InChI=1S/C15H17NO2S2/c1-3-20-13-6-4-5-12(14(13)15(17)18)16-10(2)11-7-8-19-9-11/h4-10,16H,3H2,1-2H3,(H,17,18). The number of thiophene rings is 1. The van der Waals surface area contributed by atoms with E-state index in [-0.39, 0.29) is 6.04 Å². The summed E-state index contributed by atoms with van der Waals surface area (Å²) >= 11 is 3.19. The largest absolute Gasteiger partial charge is 0.478 e. The number of aromatic carboxylic acids is 1. The van der Waals surface area contributed by atoms with Crippen LogP contribution in [0.4, 0.5) is 5.69 Å². The Morgan fingerprint density at radius 1 is 1.45 bits per heavy atom. The van der Waals surface area contributed by atoms with Gasteiger partial charge in [-0.2, -0.15) is 11.3 Å². The molecule has 2 rings (SSSR count). The van der Waals surface area contributed by atoms with Gasteiger partial charge in [-0.15, -0.1) is 11.8 Å². The fraction of sp³-hybridized carbons (Fsp3) is 0.267. The molecule has 20 heavy (non-hydrogen) atoms. The van der Waals surface area contributed by atoms with Gasteiger partial charge in [0.15, 0.2) is 0 Å². The molecule has 0 spiro atoms. The zero-order chi connectivity index (χ0) is 14.5. The van der Waals surface area contributed by atoms with Gasteiger partial charge in [0.2, 0.25) is 0 Å². The molecule has 0 saturated carbocycles. The van der Waals surface area contributed by atoms with Crippen LogP contribution in [-0.2, 0) is 0 Å². The van der Waals surface area contributed by atoms with Gasteiger partial charge in [-0.05, 0) is 47.2 Å². The first kappa shape index (κ1) is 14.9. The molecule has 1 aromatic heterocycles. The van der Waals surface area contributed by atoms with Crippen LogP contribution in [0.3, 0.4) is 0 Å². The van der Waals surface area contributed by atoms with Crippen molar-refractivity contribution >= 4 is 34.8 Å². The normalized spacial score (nSPS) is 12.1. The smallest absolute Gasteiger partial charge is 0.338 e. The lowest BCUT2D eigenvalue weighted by Crippen LogP contribution is -2.11. The zero-order valence-electron chi connectivity index (χ0n) is 11.4. The van der Waals surface area contributed by atoms with Crippen LogP contribution in [0.1, 0.15) is 35.8 Å². The van der Waals surface area contributed by atoms with Crippen molar-refractivity contribution < 1.29 is 9.90 Å². The first-order valence-corrected chi connectivity index (χ1v) is 8.34. The van der Waals surface area contributed by atoms with Crippen LogP contribution in [0, 0.1) is 0 Å². The van der Waals surface area contributed by atoms with Crippen molar-refractivity contribution in [3.63, 3.8) is 0 Å². The average Bonchev–Trinajstić information content (AvgIpc) is 2.92. The van der Waals surface area contributed by atoms with E-state index in [1.807, 2.05) is 43.5 Å². The fourth-order valence-corrected chi connectivity index (χ4v) is 3.57. The summed E-state index contributed by atoms with van der Waals surface area (Å²) in [6.45, 7) is 4.05. The summed E-state index contributed by atoms with van der Waals surface area (Å²) in [5, 5.41) is 16.9. The van der Waals surface area contributed by atoms with Crippen molar-refractivity contribution in [1.82, 2.24) is 0 Å². The van der Waals surface area contributed by atoms with Crippen molar-refractivity contribution in [1.29, 1.82) is 0 Å². The molecule has 0 fully saturated rings. The molecular formula is C15H17NO2S2. The van der Waals surface area contributed by atoms with Gasteiger partial charge in [0.25, 0.3) is 0 Å². The van der Waals surface area contributed by atoms with Crippen molar-refractivity contribution in [3.8, 4) is 0 Å². The maximum Gasteiger partial charge on any atom is 0.338 e. The van der Waals surface area contributed by atoms with E-state index in [1.165, 1.54) is 5.56 Å². The van der Waals surface area contributed by atoms with E-state index >= 15 is 0 Å². The molecule has 0 aliphatic heterocycles. The Balaban J connectivity index is 2.31. The number of rotatable bonds is 6. The lowest BCUT2D eigenvalue weighted by Gasteiger charge is -2.17. The minimum atomic E-state index is -0.887. The maximum atomic E-state index is 11.5. The summed E-state index contributed by atoms with van der Waals surface area (Å²) < 4.78 is 0. The Bertz CT molecular complexity index is 582. The predicted octanol–water partition coefficient (Wildman–Crippen LogP) is 4.73. The molecule has 5 heteroatoms. The average molecular weight is 307 g/mol. The van der Waals surface area contributed by atoms with Crippen LogP contribution in [-0.4, -0.2) is 16.8 Å². The molecule has 2 N–H and O–H groups in total. The number of benzene rings is 1. The van der Waals surface area contributed by atoms with E-state index in [9.17, 15) is 9.90 Å². The van der Waals surface area contributed by atoms with E-state index in [0.717, 1.165) is 10.6 Å². The summed E-state index contributed by atoms with van der Waals surface area (Å²) in [6.07, 6.45) is 0. The van der Waals surface area contributed by atoms with Crippen LogP contribution in [0.2, 0.25) is 0 Å². The molecule has 0 aliphatic carbocycles.